The Bertz CT molecular complexity index is 291. The van der Waals surface area contributed by atoms with Gasteiger partial charge in [0.15, 0.2) is 0 Å². The Morgan fingerprint density at radius 1 is 1.39 bits per heavy atom. The summed E-state index contributed by atoms with van der Waals surface area (Å²) in [4.78, 5) is 24.7. The minimum Gasteiger partial charge on any atom is -0.465 e. The molecule has 0 radical (unpaired) electrons. The van der Waals surface area contributed by atoms with Gasteiger partial charge in [0.2, 0.25) is 0 Å². The lowest BCUT2D eigenvalue weighted by Gasteiger charge is -2.22. The molecule has 0 aromatic rings. The van der Waals surface area contributed by atoms with Gasteiger partial charge < -0.3 is 14.4 Å². The summed E-state index contributed by atoms with van der Waals surface area (Å²) in [6.45, 7) is 5.19. The predicted molar refractivity (Wildman–Crippen MR) is 67.2 cm³/mol. The third-order valence-electron chi connectivity index (χ3n) is 3.05. The number of likely N-dealkylation sites (tertiary alicyclic amines) is 1. The van der Waals surface area contributed by atoms with E-state index in [9.17, 15) is 9.59 Å². The second-order valence-electron chi connectivity index (χ2n) is 5.08. The van der Waals surface area contributed by atoms with E-state index in [2.05, 4.69) is 0 Å². The van der Waals surface area contributed by atoms with Crippen molar-refractivity contribution < 1.29 is 19.1 Å². The van der Waals surface area contributed by atoms with Crippen molar-refractivity contribution in [3.05, 3.63) is 0 Å². The number of rotatable bonds is 5. The molecule has 1 rings (SSSR count). The molecule has 104 valence electrons. The molecule has 1 amide bonds. The highest BCUT2D eigenvalue weighted by molar-refractivity contribution is 5.70. The van der Waals surface area contributed by atoms with Crippen molar-refractivity contribution >= 4 is 12.1 Å². The molecule has 0 bridgehead atoms. The van der Waals surface area contributed by atoms with Crippen LogP contribution in [0.1, 0.15) is 39.5 Å². The summed E-state index contributed by atoms with van der Waals surface area (Å²) < 4.78 is 9.83. The number of amides is 1. The summed E-state index contributed by atoms with van der Waals surface area (Å²) in [7, 11) is 1.38. The Morgan fingerprint density at radius 3 is 2.72 bits per heavy atom. The van der Waals surface area contributed by atoms with Crippen LogP contribution >= 0.6 is 0 Å². The smallest absolute Gasteiger partial charge is 0.409 e. The molecular formula is C13H23NO4. The van der Waals surface area contributed by atoms with Crippen LogP contribution in [-0.4, -0.2) is 43.3 Å². The van der Waals surface area contributed by atoms with Crippen LogP contribution in [0, 0.1) is 5.92 Å². The fourth-order valence-corrected chi connectivity index (χ4v) is 2.11. The third-order valence-corrected chi connectivity index (χ3v) is 3.05. The third kappa shape index (κ3) is 4.55. The average Bonchev–Trinajstić information content (AvgIpc) is 2.81. The number of methoxy groups -OCH3 is 1. The quantitative estimate of drug-likeness (QED) is 0.708. The van der Waals surface area contributed by atoms with E-state index >= 15 is 0 Å². The minimum atomic E-state index is -0.298. The van der Waals surface area contributed by atoms with Crippen LogP contribution in [-0.2, 0) is 14.3 Å². The molecule has 0 N–H and O–H groups in total. The van der Waals surface area contributed by atoms with Crippen LogP contribution in [0.4, 0.5) is 4.79 Å². The lowest BCUT2D eigenvalue weighted by Crippen LogP contribution is -2.35. The van der Waals surface area contributed by atoms with Crippen LogP contribution in [0.2, 0.25) is 0 Å². The molecule has 1 heterocycles. The second kappa shape index (κ2) is 7.24. The Kier molecular flexibility index (Phi) is 5.95. The van der Waals surface area contributed by atoms with Crippen LogP contribution < -0.4 is 0 Å². The Hall–Kier alpha value is -1.26. The topological polar surface area (TPSA) is 55.8 Å². The van der Waals surface area contributed by atoms with Crippen molar-refractivity contribution in [2.75, 3.05) is 20.3 Å². The normalized spacial score (nSPS) is 19.1. The van der Waals surface area contributed by atoms with E-state index in [0.717, 1.165) is 19.4 Å². The highest BCUT2D eigenvalue weighted by Gasteiger charge is 2.29. The molecule has 1 atom stereocenters. The van der Waals surface area contributed by atoms with Crippen LogP contribution in [0.25, 0.3) is 0 Å². The number of ether oxygens (including phenoxy) is 2. The van der Waals surface area contributed by atoms with Gasteiger partial charge >= 0.3 is 12.1 Å². The number of esters is 1. The van der Waals surface area contributed by atoms with Crippen molar-refractivity contribution in [2.24, 2.45) is 5.92 Å². The summed E-state index contributed by atoms with van der Waals surface area (Å²) in [5.41, 5.74) is 0. The van der Waals surface area contributed by atoms with Gasteiger partial charge in [-0.05, 0) is 25.2 Å². The lowest BCUT2D eigenvalue weighted by atomic mass is 10.1. The molecule has 18 heavy (non-hydrogen) atoms. The standard InChI is InChI=1S/C13H23NO4/c1-10(2)9-18-12(15)7-6-11-5-4-8-14(11)13(16)17-3/h10-11H,4-9H2,1-3H3. The zero-order valence-electron chi connectivity index (χ0n) is 11.5. The fourth-order valence-electron chi connectivity index (χ4n) is 2.11. The monoisotopic (exact) mass is 257 g/mol. The zero-order valence-corrected chi connectivity index (χ0v) is 11.5. The van der Waals surface area contributed by atoms with Crippen LogP contribution in [0.15, 0.2) is 0 Å². The highest BCUT2D eigenvalue weighted by atomic mass is 16.5. The summed E-state index contributed by atoms with van der Waals surface area (Å²) >= 11 is 0. The predicted octanol–water partition coefficient (Wildman–Crippen LogP) is 2.20. The SMILES string of the molecule is COC(=O)N1CCCC1CCC(=O)OCC(C)C. The van der Waals surface area contributed by atoms with E-state index in [0.29, 0.717) is 25.4 Å². The molecule has 5 heteroatoms. The molecule has 1 unspecified atom stereocenters. The van der Waals surface area contributed by atoms with Gasteiger partial charge in [-0.15, -0.1) is 0 Å². The molecule has 1 aliphatic rings. The first kappa shape index (κ1) is 14.8. The first-order chi connectivity index (χ1) is 8.54. The Labute approximate surface area is 108 Å². The van der Waals surface area contributed by atoms with Gasteiger partial charge in [0.05, 0.1) is 13.7 Å². The molecule has 0 aromatic carbocycles. The fraction of sp³-hybridized carbons (Fsp3) is 0.846. The molecule has 1 saturated heterocycles. The highest BCUT2D eigenvalue weighted by Crippen LogP contribution is 2.22. The number of carbonyl (C=O) groups excluding carboxylic acids is 2. The van der Waals surface area contributed by atoms with Gasteiger partial charge in [-0.1, -0.05) is 13.8 Å². The van der Waals surface area contributed by atoms with Crippen LogP contribution in [0.5, 0.6) is 0 Å². The number of carbonyl (C=O) groups is 2. The summed E-state index contributed by atoms with van der Waals surface area (Å²) in [6.07, 6.45) is 2.64. The van der Waals surface area contributed by atoms with E-state index in [1.54, 1.807) is 4.90 Å². The van der Waals surface area contributed by atoms with Gasteiger partial charge in [0.25, 0.3) is 0 Å². The maximum atomic E-state index is 11.5. The maximum Gasteiger partial charge on any atom is 0.409 e. The van der Waals surface area contributed by atoms with Gasteiger partial charge in [-0.3, -0.25) is 4.79 Å². The van der Waals surface area contributed by atoms with Gasteiger partial charge in [-0.2, -0.15) is 0 Å². The van der Waals surface area contributed by atoms with Crippen molar-refractivity contribution in [1.29, 1.82) is 0 Å². The molecule has 0 aliphatic carbocycles. The Morgan fingerprint density at radius 2 is 2.11 bits per heavy atom. The van der Waals surface area contributed by atoms with E-state index in [-0.39, 0.29) is 18.1 Å². The van der Waals surface area contributed by atoms with E-state index in [1.807, 2.05) is 13.8 Å². The minimum absolute atomic E-state index is 0.115. The average molecular weight is 257 g/mol. The van der Waals surface area contributed by atoms with Gasteiger partial charge in [-0.25, -0.2) is 4.79 Å². The summed E-state index contributed by atoms with van der Waals surface area (Å²) in [5.74, 6) is 0.174. The van der Waals surface area contributed by atoms with Crippen molar-refractivity contribution in [2.45, 2.75) is 45.6 Å². The van der Waals surface area contributed by atoms with Gasteiger partial charge in [0, 0.05) is 19.0 Å². The zero-order chi connectivity index (χ0) is 13.5. The Balaban J connectivity index is 2.29. The summed E-state index contributed by atoms with van der Waals surface area (Å²) in [6, 6.07) is 0.115. The van der Waals surface area contributed by atoms with Crippen LogP contribution in [0.3, 0.4) is 0 Å². The van der Waals surface area contributed by atoms with E-state index in [4.69, 9.17) is 9.47 Å². The van der Waals surface area contributed by atoms with Gasteiger partial charge in [0.1, 0.15) is 0 Å². The maximum absolute atomic E-state index is 11.5. The number of hydrogen-bond acceptors (Lipinski definition) is 4. The first-order valence-corrected chi connectivity index (χ1v) is 6.54. The second-order valence-corrected chi connectivity index (χ2v) is 5.08. The molecule has 0 aromatic heterocycles. The molecule has 0 spiro atoms. The number of hydrogen-bond donors (Lipinski definition) is 0. The summed E-state index contributed by atoms with van der Waals surface area (Å²) in [5, 5.41) is 0. The largest absolute Gasteiger partial charge is 0.465 e. The lowest BCUT2D eigenvalue weighted by molar-refractivity contribution is -0.145. The van der Waals surface area contributed by atoms with Crippen molar-refractivity contribution in [3.8, 4) is 0 Å². The number of nitrogens with zero attached hydrogens (tertiary/aromatic N) is 1. The van der Waals surface area contributed by atoms with Crippen molar-refractivity contribution in [1.82, 2.24) is 4.90 Å². The molecule has 5 nitrogen and oxygen atoms in total. The molecule has 0 saturated carbocycles. The molecule has 1 fully saturated rings. The molecular weight excluding hydrogens is 234 g/mol. The van der Waals surface area contributed by atoms with Crippen molar-refractivity contribution in [3.63, 3.8) is 0 Å². The molecule has 1 aliphatic heterocycles. The van der Waals surface area contributed by atoms with E-state index in [1.165, 1.54) is 7.11 Å². The first-order valence-electron chi connectivity index (χ1n) is 6.54. The van der Waals surface area contributed by atoms with E-state index < -0.39 is 0 Å².